The van der Waals surface area contributed by atoms with Crippen molar-refractivity contribution in [1.82, 2.24) is 44.5 Å². The largest absolute Gasteiger partial charge is 0.394 e. The van der Waals surface area contributed by atoms with E-state index >= 15 is 4.39 Å². The van der Waals surface area contributed by atoms with E-state index in [4.69, 9.17) is 41.8 Å². The van der Waals surface area contributed by atoms with Crippen LogP contribution in [0.3, 0.4) is 0 Å². The zero-order chi connectivity index (χ0) is 29.1. The molecule has 0 bridgehead atoms. The van der Waals surface area contributed by atoms with Crippen molar-refractivity contribution >= 4 is 52.6 Å². The quantitative estimate of drug-likeness (QED) is 0.115. The lowest BCUT2D eigenvalue weighted by Gasteiger charge is -2.27. The van der Waals surface area contributed by atoms with Gasteiger partial charge in [-0.05, 0) is 11.8 Å². The van der Waals surface area contributed by atoms with Crippen molar-refractivity contribution in [2.75, 3.05) is 31.3 Å². The van der Waals surface area contributed by atoms with Gasteiger partial charge in [0.25, 0.3) is 5.56 Å². The molecule has 6 heterocycles. The van der Waals surface area contributed by atoms with Gasteiger partial charge in [0.2, 0.25) is 11.7 Å². The molecule has 2 aliphatic heterocycles. The van der Waals surface area contributed by atoms with Crippen LogP contribution in [0.15, 0.2) is 17.4 Å². The van der Waals surface area contributed by atoms with Crippen LogP contribution in [0.5, 0.6) is 0 Å². The number of aromatic amines is 1. The van der Waals surface area contributed by atoms with Gasteiger partial charge in [0.05, 0.1) is 25.6 Å². The third-order valence-corrected chi connectivity index (χ3v) is 8.27. The van der Waals surface area contributed by atoms with Gasteiger partial charge in [-0.2, -0.15) is 9.67 Å². The summed E-state index contributed by atoms with van der Waals surface area (Å²) in [6.45, 7) is -5.65. The number of aromatic nitrogens is 9. The zero-order valence-electron chi connectivity index (χ0n) is 20.7. The fourth-order valence-corrected chi connectivity index (χ4v) is 6.15. The maximum absolute atomic E-state index is 16.0. The molecule has 22 heteroatoms. The second-order valence-electron chi connectivity index (χ2n) is 9.29. The molecule has 4 aromatic heterocycles. The molecule has 220 valence electrons. The van der Waals surface area contributed by atoms with Crippen molar-refractivity contribution in [3.05, 3.63) is 23.0 Å². The fraction of sp³-hybridized carbons (Fsp3) is 0.526. The molecule has 2 saturated heterocycles. The molecule has 2 aliphatic rings. The number of ether oxygens (including phenoxy) is 2. The van der Waals surface area contributed by atoms with Gasteiger partial charge in [0, 0.05) is 6.42 Å². The molecule has 7 atom stereocenters. The monoisotopic (exact) mass is 615 g/mol. The second-order valence-corrected chi connectivity index (χ2v) is 12.1. The lowest BCUT2D eigenvalue weighted by molar-refractivity contribution is -0.0574. The average molecular weight is 616 g/mol. The number of rotatable bonds is 8. The van der Waals surface area contributed by atoms with Crippen LogP contribution in [0.25, 0.3) is 22.3 Å². The van der Waals surface area contributed by atoms with Crippen LogP contribution < -0.4 is 17.0 Å². The van der Waals surface area contributed by atoms with E-state index in [1.54, 1.807) is 0 Å². The van der Waals surface area contributed by atoms with Crippen molar-refractivity contribution in [2.45, 2.75) is 42.9 Å². The summed E-state index contributed by atoms with van der Waals surface area (Å²) in [4.78, 5) is 41.1. The van der Waals surface area contributed by atoms with Gasteiger partial charge < -0.3 is 45.1 Å². The third-order valence-electron chi connectivity index (χ3n) is 6.68. The number of fused-ring (bicyclic) bond motifs is 2. The van der Waals surface area contributed by atoms with Gasteiger partial charge in [0.1, 0.15) is 36.8 Å². The Morgan fingerprint density at radius 3 is 2.88 bits per heavy atom. The van der Waals surface area contributed by atoms with Crippen molar-refractivity contribution in [3.63, 3.8) is 0 Å². The Bertz CT molecular complexity index is 1720. The van der Waals surface area contributed by atoms with Crippen LogP contribution in [0.2, 0.25) is 0 Å². The Hall–Kier alpha value is -3.27. The van der Waals surface area contributed by atoms with Gasteiger partial charge in [-0.3, -0.25) is 14.3 Å². The molecule has 2 fully saturated rings. The predicted octanol–water partition coefficient (Wildman–Crippen LogP) is -2.20. The number of aliphatic hydroxyl groups is 2. The van der Waals surface area contributed by atoms with Crippen LogP contribution in [0.1, 0.15) is 12.6 Å². The minimum Gasteiger partial charge on any atom is -0.394 e. The highest BCUT2D eigenvalue weighted by molar-refractivity contribution is 8.07. The smallest absolute Gasteiger partial charge is 0.325 e. The average Bonchev–Trinajstić information content (AvgIpc) is 3.69. The Labute approximate surface area is 232 Å². The van der Waals surface area contributed by atoms with E-state index in [0.717, 1.165) is 21.9 Å². The zero-order valence-corrected chi connectivity index (χ0v) is 22.4. The van der Waals surface area contributed by atoms with Crippen LogP contribution in [-0.4, -0.2) is 104 Å². The Kier molecular flexibility index (Phi) is 6.95. The molecule has 41 heavy (non-hydrogen) atoms. The number of hydrogen-bond acceptors (Lipinski definition) is 16. The first kappa shape index (κ1) is 27.9. The maximum Gasteiger partial charge on any atom is 0.325 e. The number of nitrogens with two attached hydrogens (primary N) is 2. The summed E-state index contributed by atoms with van der Waals surface area (Å²) >= 11 is 5.15. The summed E-state index contributed by atoms with van der Waals surface area (Å²) in [5.74, 6) is -2.66. The molecule has 0 aromatic carbocycles. The van der Waals surface area contributed by atoms with Crippen molar-refractivity contribution in [2.24, 2.45) is 0 Å². The van der Waals surface area contributed by atoms with Crippen LogP contribution in [-0.2, 0) is 36.1 Å². The molecular weight excluding hydrogens is 592 g/mol. The van der Waals surface area contributed by atoms with Crippen molar-refractivity contribution in [1.29, 1.82) is 0 Å². The molecule has 0 radical (unpaired) electrons. The number of nitrogens with one attached hydrogen (secondary N) is 1. The lowest BCUT2D eigenvalue weighted by Crippen LogP contribution is -2.43. The standard InChI is InChI=1S/C19H23FN11O8PS/c20-19(30-6-25-10-13(21)23-5-24-14(10)30)4-36-9(12(19)33)3-37-40(35,41)39-8-1-7(2-32)38-17(8)31-15-11(28-29-31)16(34)27-18(22)26-15/h5-9,12,17,32-33H,1-4H2,(H,35,41)(H2,21,23,24)(H3,22,26,27,34)/t7-,8+,9+,12+,17+,19+,40?/m0/s1. The molecule has 19 nitrogen and oxygen atoms in total. The summed E-state index contributed by atoms with van der Waals surface area (Å²) in [6, 6.07) is 0. The molecule has 4 aromatic rings. The highest BCUT2D eigenvalue weighted by atomic mass is 32.5. The third kappa shape index (κ3) is 4.83. The van der Waals surface area contributed by atoms with E-state index in [1.165, 1.54) is 0 Å². The Morgan fingerprint density at radius 2 is 2.10 bits per heavy atom. The number of hydrogen-bond donors (Lipinski definition) is 6. The van der Waals surface area contributed by atoms with E-state index < -0.39 is 68.5 Å². The molecule has 0 aliphatic carbocycles. The number of nitrogen functional groups attached to an aromatic ring is 2. The first-order valence-electron chi connectivity index (χ1n) is 12.0. The summed E-state index contributed by atoms with van der Waals surface area (Å²) in [5, 5.41) is 28.1. The number of alkyl halides is 1. The topological polar surface area (TPSA) is 270 Å². The van der Waals surface area contributed by atoms with E-state index in [2.05, 4.69) is 35.2 Å². The van der Waals surface area contributed by atoms with Crippen molar-refractivity contribution in [3.8, 4) is 0 Å². The summed E-state index contributed by atoms with van der Waals surface area (Å²) in [7, 11) is 0. The minimum absolute atomic E-state index is 0.0311. The number of imidazole rings is 1. The van der Waals surface area contributed by atoms with E-state index in [1.807, 2.05) is 0 Å². The SMILES string of the molecule is Nc1nc2c(nnn2[C@@H]2O[C@H](CO)C[C@H]2OP(O)(=S)OC[C@H]2OC[C@@](F)(n3cnc4c(N)ncnc43)[C@@H]2O)c(=O)[nH]1. The number of aliphatic hydroxyl groups excluding tert-OH is 2. The molecule has 0 amide bonds. The number of nitrogens with zero attached hydrogens (tertiary/aromatic N) is 8. The molecule has 8 N–H and O–H groups in total. The second kappa shape index (κ2) is 10.2. The maximum atomic E-state index is 16.0. The predicted molar refractivity (Wildman–Crippen MR) is 138 cm³/mol. The van der Waals surface area contributed by atoms with Gasteiger partial charge in [0.15, 0.2) is 28.9 Å². The van der Waals surface area contributed by atoms with Gasteiger partial charge in [-0.1, -0.05) is 5.21 Å². The number of H-pyrrole nitrogens is 1. The van der Waals surface area contributed by atoms with Crippen molar-refractivity contribution < 1.29 is 38.0 Å². The van der Waals surface area contributed by atoms with Gasteiger partial charge in [-0.15, -0.1) is 5.10 Å². The fourth-order valence-electron chi connectivity index (χ4n) is 4.70. The lowest BCUT2D eigenvalue weighted by atomic mass is 10.1. The number of anilines is 2. The van der Waals surface area contributed by atoms with Crippen LogP contribution >= 0.6 is 6.72 Å². The summed E-state index contributed by atoms with van der Waals surface area (Å²) < 4.78 is 40.4. The molecule has 0 spiro atoms. The van der Waals surface area contributed by atoms with E-state index in [0.29, 0.717) is 0 Å². The van der Waals surface area contributed by atoms with E-state index in [9.17, 15) is 19.9 Å². The normalized spacial score (nSPS) is 29.9. The van der Waals surface area contributed by atoms with Crippen LogP contribution in [0.4, 0.5) is 16.2 Å². The van der Waals surface area contributed by atoms with Gasteiger partial charge in [-0.25, -0.2) is 19.3 Å². The summed E-state index contributed by atoms with van der Waals surface area (Å²) in [5.41, 5.74) is 10.8. The summed E-state index contributed by atoms with van der Waals surface area (Å²) in [6.07, 6.45) is -3.71. The van der Waals surface area contributed by atoms with E-state index in [-0.39, 0.29) is 40.5 Å². The van der Waals surface area contributed by atoms with Crippen LogP contribution in [0, 0.1) is 0 Å². The Balaban J connectivity index is 1.17. The molecule has 1 unspecified atom stereocenters. The minimum atomic E-state index is -4.10. The number of halogens is 1. The highest BCUT2D eigenvalue weighted by Crippen LogP contribution is 2.50. The first-order chi connectivity index (χ1) is 19.5. The van der Waals surface area contributed by atoms with Gasteiger partial charge >= 0.3 is 6.72 Å². The molecule has 0 saturated carbocycles. The Morgan fingerprint density at radius 1 is 1.29 bits per heavy atom. The molecule has 6 rings (SSSR count). The molecular formula is C19H23FN11O8PS. The highest BCUT2D eigenvalue weighted by Gasteiger charge is 2.53. The first-order valence-corrected chi connectivity index (χ1v) is 14.5.